The first kappa shape index (κ1) is 15.3. The fourth-order valence-electron chi connectivity index (χ4n) is 4.02. The zero-order valence-electron chi connectivity index (χ0n) is 13.8. The van der Waals surface area contributed by atoms with Gasteiger partial charge in [-0.25, -0.2) is 4.39 Å². The number of hydrogen-bond acceptors (Lipinski definition) is 4. The highest BCUT2D eigenvalue weighted by Gasteiger charge is 2.35. The molecule has 2 heterocycles. The summed E-state index contributed by atoms with van der Waals surface area (Å²) in [6.07, 6.45) is 1.54. The first-order chi connectivity index (χ1) is 11.6. The number of phenols is 1. The van der Waals surface area contributed by atoms with Crippen molar-refractivity contribution in [2.24, 2.45) is 0 Å². The number of phenolic OH excluding ortho intramolecular Hbond substituents is 1. The van der Waals surface area contributed by atoms with Gasteiger partial charge >= 0.3 is 0 Å². The van der Waals surface area contributed by atoms with Crippen LogP contribution in [0.1, 0.15) is 28.3 Å². The van der Waals surface area contributed by atoms with Gasteiger partial charge in [0.05, 0.1) is 14.2 Å². The summed E-state index contributed by atoms with van der Waals surface area (Å²) in [6.45, 7) is 1.62. The number of ether oxygens (including phenoxy) is 2. The van der Waals surface area contributed by atoms with Crippen LogP contribution in [-0.2, 0) is 19.4 Å². The molecule has 4 rings (SSSR count). The molecule has 0 fully saturated rings. The molecule has 2 aliphatic heterocycles. The lowest BCUT2D eigenvalue weighted by atomic mass is 9.83. The Labute approximate surface area is 140 Å². The number of rotatable bonds is 2. The molecule has 0 aromatic heterocycles. The Morgan fingerprint density at radius 2 is 1.83 bits per heavy atom. The van der Waals surface area contributed by atoms with Crippen molar-refractivity contribution in [3.63, 3.8) is 0 Å². The molecule has 4 nitrogen and oxygen atoms in total. The van der Waals surface area contributed by atoms with Gasteiger partial charge in [-0.1, -0.05) is 0 Å². The third-order valence-corrected chi connectivity index (χ3v) is 5.22. The van der Waals surface area contributed by atoms with Crippen molar-refractivity contribution in [2.75, 3.05) is 20.8 Å². The van der Waals surface area contributed by atoms with Crippen molar-refractivity contribution in [3.05, 3.63) is 52.3 Å². The van der Waals surface area contributed by atoms with E-state index >= 15 is 0 Å². The van der Waals surface area contributed by atoms with Gasteiger partial charge < -0.3 is 14.6 Å². The number of hydrogen-bond donors (Lipinski definition) is 1. The van der Waals surface area contributed by atoms with E-state index in [0.717, 1.165) is 59.7 Å². The van der Waals surface area contributed by atoms with E-state index in [4.69, 9.17) is 9.47 Å². The fourth-order valence-corrected chi connectivity index (χ4v) is 4.02. The number of aromatic hydroxyl groups is 1. The van der Waals surface area contributed by atoms with Gasteiger partial charge in [0.1, 0.15) is 11.5 Å². The van der Waals surface area contributed by atoms with Crippen LogP contribution in [0.3, 0.4) is 0 Å². The van der Waals surface area contributed by atoms with Crippen LogP contribution in [0.2, 0.25) is 0 Å². The molecule has 0 saturated heterocycles. The standard InChI is InChI=1S/C19H20FNO3/c1-23-18-3-4-19(24-2)14-10-21-6-5-11-7-15(20)17(22)9-12(11)16(21)8-13(14)18/h3-4,7,9,16,22H,5-6,8,10H2,1-2H3. The van der Waals surface area contributed by atoms with Crippen molar-refractivity contribution in [2.45, 2.75) is 25.4 Å². The van der Waals surface area contributed by atoms with Gasteiger partial charge in [0, 0.05) is 30.3 Å². The summed E-state index contributed by atoms with van der Waals surface area (Å²) < 4.78 is 24.8. The molecule has 2 aliphatic rings. The smallest absolute Gasteiger partial charge is 0.165 e. The molecule has 0 bridgehead atoms. The molecule has 24 heavy (non-hydrogen) atoms. The van der Waals surface area contributed by atoms with Gasteiger partial charge in [0.2, 0.25) is 0 Å². The summed E-state index contributed by atoms with van der Waals surface area (Å²) in [5.41, 5.74) is 4.28. The van der Waals surface area contributed by atoms with Gasteiger partial charge in [-0.15, -0.1) is 0 Å². The van der Waals surface area contributed by atoms with Crippen LogP contribution in [0.5, 0.6) is 17.2 Å². The lowest BCUT2D eigenvalue weighted by Gasteiger charge is -2.42. The fraction of sp³-hybridized carbons (Fsp3) is 0.368. The highest BCUT2D eigenvalue weighted by Crippen LogP contribution is 2.44. The van der Waals surface area contributed by atoms with Crippen LogP contribution in [0.4, 0.5) is 4.39 Å². The maximum absolute atomic E-state index is 13.7. The normalized spacial score (nSPS) is 19.2. The van der Waals surface area contributed by atoms with E-state index in [1.165, 1.54) is 6.07 Å². The summed E-state index contributed by atoms with van der Waals surface area (Å²) in [5.74, 6) is 0.901. The Morgan fingerprint density at radius 1 is 1.12 bits per heavy atom. The second-order valence-electron chi connectivity index (χ2n) is 6.37. The number of fused-ring (bicyclic) bond motifs is 4. The summed E-state index contributed by atoms with van der Waals surface area (Å²) >= 11 is 0. The molecule has 0 saturated carbocycles. The van der Waals surface area contributed by atoms with E-state index < -0.39 is 5.82 Å². The van der Waals surface area contributed by atoms with Crippen molar-refractivity contribution in [3.8, 4) is 17.2 Å². The molecule has 2 aromatic rings. The summed E-state index contributed by atoms with van der Waals surface area (Å²) in [4.78, 5) is 2.37. The molecule has 1 unspecified atom stereocenters. The second kappa shape index (κ2) is 5.67. The largest absolute Gasteiger partial charge is 0.505 e. The summed E-state index contributed by atoms with van der Waals surface area (Å²) in [7, 11) is 3.35. The van der Waals surface area contributed by atoms with Gasteiger partial charge in [-0.3, -0.25) is 4.90 Å². The molecule has 0 spiro atoms. The quantitative estimate of drug-likeness (QED) is 0.919. The minimum atomic E-state index is -0.544. The van der Waals surface area contributed by atoms with Crippen molar-refractivity contribution < 1.29 is 19.0 Å². The van der Waals surface area contributed by atoms with Crippen molar-refractivity contribution >= 4 is 0 Å². The average Bonchev–Trinajstić information content (AvgIpc) is 2.60. The highest BCUT2D eigenvalue weighted by molar-refractivity contribution is 5.52. The van der Waals surface area contributed by atoms with Crippen LogP contribution in [0.15, 0.2) is 24.3 Å². The zero-order chi connectivity index (χ0) is 16.8. The monoisotopic (exact) mass is 329 g/mol. The van der Waals surface area contributed by atoms with Gasteiger partial charge in [-0.2, -0.15) is 0 Å². The minimum absolute atomic E-state index is 0.119. The van der Waals surface area contributed by atoms with Crippen LogP contribution >= 0.6 is 0 Å². The lowest BCUT2D eigenvalue weighted by Crippen LogP contribution is -2.39. The first-order valence-electron chi connectivity index (χ1n) is 8.10. The molecular formula is C19H20FNO3. The highest BCUT2D eigenvalue weighted by atomic mass is 19.1. The SMILES string of the molecule is COc1ccc(OC)c2c1CC1c3cc(O)c(F)cc3CCN1C2. The third kappa shape index (κ3) is 2.23. The Kier molecular flexibility index (Phi) is 3.61. The number of benzene rings is 2. The van der Waals surface area contributed by atoms with E-state index in [2.05, 4.69) is 4.90 Å². The molecular weight excluding hydrogens is 309 g/mol. The van der Waals surface area contributed by atoms with Gasteiger partial charge in [0.25, 0.3) is 0 Å². The molecule has 0 aliphatic carbocycles. The Balaban J connectivity index is 1.82. The minimum Gasteiger partial charge on any atom is -0.505 e. The molecule has 0 radical (unpaired) electrons. The third-order valence-electron chi connectivity index (χ3n) is 5.22. The van der Waals surface area contributed by atoms with Crippen LogP contribution in [-0.4, -0.2) is 30.8 Å². The van der Waals surface area contributed by atoms with E-state index in [-0.39, 0.29) is 11.8 Å². The molecule has 2 aromatic carbocycles. The maximum Gasteiger partial charge on any atom is 0.165 e. The molecule has 5 heteroatoms. The van der Waals surface area contributed by atoms with Crippen molar-refractivity contribution in [1.29, 1.82) is 0 Å². The maximum atomic E-state index is 13.7. The summed E-state index contributed by atoms with van der Waals surface area (Å²) in [5, 5.41) is 9.81. The number of methoxy groups -OCH3 is 2. The topological polar surface area (TPSA) is 41.9 Å². The number of halogens is 1. The van der Waals surface area contributed by atoms with Crippen LogP contribution in [0, 0.1) is 5.82 Å². The Bertz CT molecular complexity index is 806. The van der Waals surface area contributed by atoms with Crippen LogP contribution in [0.25, 0.3) is 0 Å². The van der Waals surface area contributed by atoms with Crippen LogP contribution < -0.4 is 9.47 Å². The Morgan fingerprint density at radius 3 is 2.54 bits per heavy atom. The van der Waals surface area contributed by atoms with E-state index in [1.807, 2.05) is 12.1 Å². The predicted molar refractivity (Wildman–Crippen MR) is 88.2 cm³/mol. The molecule has 0 amide bonds. The second-order valence-corrected chi connectivity index (χ2v) is 6.37. The average molecular weight is 329 g/mol. The molecule has 126 valence electrons. The van der Waals surface area contributed by atoms with E-state index in [0.29, 0.717) is 0 Å². The number of nitrogens with zero attached hydrogens (tertiary/aromatic N) is 1. The van der Waals surface area contributed by atoms with E-state index in [1.54, 1.807) is 20.3 Å². The summed E-state index contributed by atoms with van der Waals surface area (Å²) in [6, 6.07) is 7.05. The van der Waals surface area contributed by atoms with Crippen molar-refractivity contribution in [1.82, 2.24) is 4.90 Å². The lowest BCUT2D eigenvalue weighted by molar-refractivity contribution is 0.156. The van der Waals surface area contributed by atoms with Gasteiger partial charge in [-0.05, 0) is 48.2 Å². The zero-order valence-corrected chi connectivity index (χ0v) is 13.8. The first-order valence-corrected chi connectivity index (χ1v) is 8.10. The molecule has 1 atom stereocenters. The van der Waals surface area contributed by atoms with E-state index in [9.17, 15) is 9.50 Å². The Hall–Kier alpha value is -2.27. The predicted octanol–water partition coefficient (Wildman–Crippen LogP) is 3.20. The van der Waals surface area contributed by atoms with Gasteiger partial charge in [0.15, 0.2) is 11.6 Å². The molecule has 1 N–H and O–H groups in total.